The number of thioether (sulfide) groups is 1. The van der Waals surface area contributed by atoms with Crippen molar-refractivity contribution in [2.24, 2.45) is 10.8 Å². The summed E-state index contributed by atoms with van der Waals surface area (Å²) in [6, 6.07) is 0. The second-order valence-corrected chi connectivity index (χ2v) is 2.63. The largest absolute Gasteiger partial charge is 0.364 e. The fourth-order valence-electron chi connectivity index (χ4n) is 0.488. The average Bonchev–Trinajstić information content (AvgIpc) is 2.14. The predicted molar refractivity (Wildman–Crippen MR) is 36.9 cm³/mol. The van der Waals surface area contributed by atoms with Gasteiger partial charge in [-0.3, -0.25) is 9.80 Å². The Labute approximate surface area is 57.1 Å². The van der Waals surface area contributed by atoms with E-state index in [1.54, 1.807) is 12.1 Å². The van der Waals surface area contributed by atoms with Gasteiger partial charge >= 0.3 is 0 Å². The van der Waals surface area contributed by atoms with Crippen LogP contribution in [0, 0.1) is 0 Å². The Morgan fingerprint density at radius 1 is 2.00 bits per heavy atom. The van der Waals surface area contributed by atoms with Crippen molar-refractivity contribution in [2.75, 3.05) is 12.9 Å². The molecule has 0 unspecified atom stereocenters. The van der Waals surface area contributed by atoms with Gasteiger partial charge in [0.15, 0.2) is 5.04 Å². The van der Waals surface area contributed by atoms with Crippen LogP contribution in [0.4, 0.5) is 0 Å². The predicted octanol–water partition coefficient (Wildman–Crippen LogP) is -0.579. The van der Waals surface area contributed by atoms with Gasteiger partial charge in [0.2, 0.25) is 0 Å². The van der Waals surface area contributed by atoms with E-state index >= 15 is 0 Å². The smallest absolute Gasteiger partial charge is 0.275 e. The van der Waals surface area contributed by atoms with Crippen LogP contribution in [-0.2, 0) is 4.79 Å². The lowest BCUT2D eigenvalue weighted by atomic mass is 10.7. The quantitative estimate of drug-likeness (QED) is 0.537. The van der Waals surface area contributed by atoms with Gasteiger partial charge in [-0.15, -0.1) is 0 Å². The molecule has 0 aromatic rings. The van der Waals surface area contributed by atoms with Crippen LogP contribution in [0.1, 0.15) is 0 Å². The van der Waals surface area contributed by atoms with Gasteiger partial charge in [-0.1, -0.05) is 11.8 Å². The van der Waals surface area contributed by atoms with Crippen molar-refractivity contribution < 1.29 is 4.79 Å². The second kappa shape index (κ2) is 2.26. The molecule has 50 valence electrons. The zero-order valence-electron chi connectivity index (χ0n) is 5.00. The van der Waals surface area contributed by atoms with Crippen molar-refractivity contribution in [3.63, 3.8) is 0 Å². The van der Waals surface area contributed by atoms with Gasteiger partial charge < -0.3 is 5.73 Å². The minimum Gasteiger partial charge on any atom is -0.364 e. The van der Waals surface area contributed by atoms with Gasteiger partial charge in [-0.05, 0) is 0 Å². The summed E-state index contributed by atoms with van der Waals surface area (Å²) in [5.74, 6) is 0.280. The zero-order valence-corrected chi connectivity index (χ0v) is 5.81. The van der Waals surface area contributed by atoms with Crippen molar-refractivity contribution in [1.82, 2.24) is 5.01 Å². The lowest BCUT2D eigenvalue weighted by Crippen LogP contribution is -2.18. The van der Waals surface area contributed by atoms with Crippen molar-refractivity contribution in [2.45, 2.75) is 0 Å². The number of hydrogen-bond acceptors (Lipinski definition) is 4. The van der Waals surface area contributed by atoms with Gasteiger partial charge in [0.25, 0.3) is 5.91 Å². The maximum Gasteiger partial charge on any atom is 0.275 e. The molecular weight excluding hydrogens is 138 g/mol. The van der Waals surface area contributed by atoms with E-state index in [4.69, 9.17) is 5.73 Å². The highest BCUT2D eigenvalue weighted by atomic mass is 32.2. The first-order valence-electron chi connectivity index (χ1n) is 2.42. The van der Waals surface area contributed by atoms with E-state index < -0.39 is 5.91 Å². The molecule has 1 amide bonds. The van der Waals surface area contributed by atoms with E-state index in [0.29, 0.717) is 5.04 Å². The summed E-state index contributed by atoms with van der Waals surface area (Å²) in [5, 5.41) is 5.90. The van der Waals surface area contributed by atoms with E-state index in [1.807, 2.05) is 0 Å². The molecule has 9 heavy (non-hydrogen) atoms. The highest BCUT2D eigenvalue weighted by Gasteiger charge is 2.15. The minimum absolute atomic E-state index is 0.400. The molecule has 2 N–H and O–H groups in total. The van der Waals surface area contributed by atoms with Crippen LogP contribution < -0.4 is 5.73 Å². The maximum absolute atomic E-state index is 10.4. The Balaban J connectivity index is 2.62. The standard InChI is InChI=1S/C4H7N3OS/c1-7-2-9-4(6-7)3(5)8/h2H2,1H3,(H2,5,8). The van der Waals surface area contributed by atoms with Crippen LogP contribution in [0.3, 0.4) is 0 Å². The van der Waals surface area contributed by atoms with Crippen LogP contribution in [0.25, 0.3) is 0 Å². The summed E-state index contributed by atoms with van der Waals surface area (Å²) < 4.78 is 0. The Morgan fingerprint density at radius 3 is 2.89 bits per heavy atom. The molecule has 0 saturated carbocycles. The van der Waals surface area contributed by atoms with Crippen LogP contribution in [0.5, 0.6) is 0 Å². The lowest BCUT2D eigenvalue weighted by molar-refractivity contribution is -0.111. The van der Waals surface area contributed by atoms with Crippen LogP contribution in [-0.4, -0.2) is 28.9 Å². The van der Waals surface area contributed by atoms with E-state index in [0.717, 1.165) is 5.88 Å². The van der Waals surface area contributed by atoms with E-state index in [2.05, 4.69) is 5.10 Å². The number of carbonyl (C=O) groups excluding carboxylic acids is 1. The molecule has 0 aromatic heterocycles. The number of hydrogen-bond donors (Lipinski definition) is 1. The number of hydrazone groups is 1. The van der Waals surface area contributed by atoms with Crippen molar-refractivity contribution in [3.8, 4) is 0 Å². The second-order valence-electron chi connectivity index (χ2n) is 1.70. The summed E-state index contributed by atoms with van der Waals surface area (Å²) in [6.07, 6.45) is 0. The molecule has 1 rings (SSSR count). The van der Waals surface area contributed by atoms with Gasteiger partial charge in [-0.25, -0.2) is 0 Å². The van der Waals surface area contributed by atoms with Crippen LogP contribution in [0.2, 0.25) is 0 Å². The van der Waals surface area contributed by atoms with Gasteiger partial charge in [0.1, 0.15) is 0 Å². The van der Waals surface area contributed by atoms with Gasteiger partial charge in [0.05, 0.1) is 5.88 Å². The minimum atomic E-state index is -0.440. The maximum atomic E-state index is 10.4. The number of nitrogens with two attached hydrogens (primary N) is 1. The van der Waals surface area contributed by atoms with Crippen LogP contribution >= 0.6 is 11.8 Å². The fraction of sp³-hybridized carbons (Fsp3) is 0.500. The van der Waals surface area contributed by atoms with Crippen molar-refractivity contribution >= 4 is 22.7 Å². The number of primary amides is 1. The van der Waals surface area contributed by atoms with Crippen LogP contribution in [0.15, 0.2) is 5.10 Å². The summed E-state index contributed by atoms with van der Waals surface area (Å²) in [7, 11) is 1.79. The highest BCUT2D eigenvalue weighted by Crippen LogP contribution is 2.13. The third-order valence-corrected chi connectivity index (χ3v) is 1.92. The summed E-state index contributed by atoms with van der Waals surface area (Å²) in [4.78, 5) is 10.4. The van der Waals surface area contributed by atoms with Gasteiger partial charge in [-0.2, -0.15) is 5.10 Å². The summed E-state index contributed by atoms with van der Waals surface area (Å²) in [6.45, 7) is 0. The third kappa shape index (κ3) is 1.35. The summed E-state index contributed by atoms with van der Waals surface area (Å²) in [5.41, 5.74) is 4.94. The number of rotatable bonds is 1. The Hall–Kier alpha value is -0.710. The number of nitrogens with zero attached hydrogens (tertiary/aromatic N) is 2. The topological polar surface area (TPSA) is 58.7 Å². The molecule has 0 spiro atoms. The molecule has 1 aliphatic rings. The molecule has 0 bridgehead atoms. The normalized spacial score (nSPS) is 17.9. The lowest BCUT2D eigenvalue weighted by Gasteiger charge is -1.98. The molecule has 1 heterocycles. The molecule has 0 aromatic carbocycles. The van der Waals surface area contributed by atoms with E-state index in [1.165, 1.54) is 11.8 Å². The zero-order chi connectivity index (χ0) is 6.85. The highest BCUT2D eigenvalue weighted by molar-refractivity contribution is 8.15. The first-order chi connectivity index (χ1) is 4.20. The molecule has 1 aliphatic heterocycles. The summed E-state index contributed by atoms with van der Waals surface area (Å²) >= 11 is 1.36. The Kier molecular flexibility index (Phi) is 1.61. The van der Waals surface area contributed by atoms with Gasteiger partial charge in [0, 0.05) is 7.05 Å². The molecule has 0 radical (unpaired) electrons. The monoisotopic (exact) mass is 145 g/mol. The number of carbonyl (C=O) groups is 1. The molecule has 0 aliphatic carbocycles. The SMILES string of the molecule is CN1CSC(C(N)=O)=N1. The molecule has 0 saturated heterocycles. The van der Waals surface area contributed by atoms with E-state index in [-0.39, 0.29) is 0 Å². The van der Waals surface area contributed by atoms with Crippen molar-refractivity contribution in [1.29, 1.82) is 0 Å². The Morgan fingerprint density at radius 2 is 2.67 bits per heavy atom. The molecule has 4 nitrogen and oxygen atoms in total. The fourth-order valence-corrected chi connectivity index (χ4v) is 1.19. The number of amides is 1. The first-order valence-corrected chi connectivity index (χ1v) is 3.41. The average molecular weight is 145 g/mol. The Bertz CT molecular complexity index is 167. The molecule has 5 heteroatoms. The molecular formula is C4H7N3OS. The van der Waals surface area contributed by atoms with E-state index in [9.17, 15) is 4.79 Å². The molecule has 0 atom stereocenters. The molecule has 0 fully saturated rings. The third-order valence-electron chi connectivity index (χ3n) is 0.860. The first kappa shape index (κ1) is 6.41. The van der Waals surface area contributed by atoms with Crippen molar-refractivity contribution in [3.05, 3.63) is 0 Å².